The van der Waals surface area contributed by atoms with Crippen molar-refractivity contribution in [3.63, 3.8) is 0 Å². The summed E-state index contributed by atoms with van der Waals surface area (Å²) in [5.41, 5.74) is 24.7. The molecule has 1 atom stereocenters. The van der Waals surface area contributed by atoms with E-state index in [9.17, 15) is 39.6 Å². The number of nitrogens with zero attached hydrogens (tertiary/aromatic N) is 4. The lowest BCUT2D eigenvalue weighted by atomic mass is 9.96. The van der Waals surface area contributed by atoms with Gasteiger partial charge >= 0.3 is 23.9 Å². The van der Waals surface area contributed by atoms with E-state index in [-0.39, 0.29) is 57.3 Å². The molecule has 16 nitrogen and oxygen atoms in total. The molecule has 0 aliphatic carbocycles. The summed E-state index contributed by atoms with van der Waals surface area (Å²) in [6, 6.07) is 20.1. The third-order valence-corrected chi connectivity index (χ3v) is 16.1. The van der Waals surface area contributed by atoms with Gasteiger partial charge in [0.2, 0.25) is 0 Å². The molecule has 6 aromatic heterocycles. The molecular weight excluding hydrogens is 1010 g/mol. The Bertz CT molecular complexity index is 4210. The molecule has 10 heterocycles. The molecule has 6 aromatic rings. The van der Waals surface area contributed by atoms with Crippen LogP contribution in [0.2, 0.25) is 0 Å². The summed E-state index contributed by atoms with van der Waals surface area (Å²) in [4.78, 5) is 82.7. The van der Waals surface area contributed by atoms with Crippen molar-refractivity contribution in [1.82, 2.24) is 39.9 Å². The summed E-state index contributed by atoms with van der Waals surface area (Å²) in [7, 11) is 0. The summed E-state index contributed by atoms with van der Waals surface area (Å²) in [6.07, 6.45) is 5.08. The Labute approximate surface area is 461 Å². The topological polar surface area (TPSA) is 264 Å². The molecule has 0 saturated carbocycles. The maximum absolute atomic E-state index is 12.0. The van der Waals surface area contributed by atoms with E-state index in [1.54, 1.807) is 0 Å². The monoisotopic (exact) mass is 1070 g/mol. The van der Waals surface area contributed by atoms with E-state index in [0.29, 0.717) is 45.6 Å². The maximum Gasteiger partial charge on any atom is 0.303 e. The molecule has 0 amide bonds. The highest BCUT2D eigenvalue weighted by molar-refractivity contribution is 5.99. The number of aromatic nitrogens is 8. The first-order valence-electron chi connectivity index (χ1n) is 26.9. The zero-order chi connectivity index (χ0) is 57.0. The molecule has 408 valence electrons. The number of H-pyrrole nitrogens is 4. The fourth-order valence-electron chi connectivity index (χ4n) is 11.5. The molecule has 16 bridgehead atoms. The van der Waals surface area contributed by atoms with Crippen LogP contribution in [0.3, 0.4) is 0 Å². The van der Waals surface area contributed by atoms with Crippen LogP contribution in [-0.4, -0.2) is 84.2 Å². The standard InChI is InChI=1S/C64H64N8O8/c1-30(64-38(9)53-27-52-37(8)45(15-19-63(79)80)58(71-52)29-56-43(13-17-61(75)76)34(5)49(68-56)23-40-21-32(3)47(66-40)25-59(64)72-53)10-11-41-35(6)50-26-51-36(7)44(14-18-62(77)78)57(70-51)28-55-42(12-16-60(73)74)33(4)48(67-55)22-39-20-31(2)46(65-39)24-54(41)69-50/h10-11,20-30,65-66,69,72H,12-19H2,1-9H3,(H,73,74)(H,75,76)(H,77,78)(H,79,80)/b11-10+,39-22?,40-23?,46-24?,47-25?,48-22?,49-23?,50-26?,51-26?,52-27?,53-27?,54-24?,55-28?,56-29?,57-28?,58-29?,59-25?. The van der Waals surface area contributed by atoms with Gasteiger partial charge in [-0.1, -0.05) is 19.1 Å². The smallest absolute Gasteiger partial charge is 0.303 e. The van der Waals surface area contributed by atoms with Crippen molar-refractivity contribution in [2.24, 2.45) is 0 Å². The van der Waals surface area contributed by atoms with E-state index < -0.39 is 23.9 Å². The van der Waals surface area contributed by atoms with E-state index in [0.717, 1.165) is 122 Å². The largest absolute Gasteiger partial charge is 0.481 e. The number of carbonyl (C=O) groups is 4. The minimum atomic E-state index is -0.924. The van der Waals surface area contributed by atoms with Gasteiger partial charge in [0.25, 0.3) is 0 Å². The maximum atomic E-state index is 12.0. The summed E-state index contributed by atoms with van der Waals surface area (Å²) in [6.45, 7) is 18.3. The Kier molecular flexibility index (Phi) is 14.6. The van der Waals surface area contributed by atoms with Crippen LogP contribution in [0.5, 0.6) is 0 Å². The highest BCUT2D eigenvalue weighted by Crippen LogP contribution is 2.41. The predicted molar refractivity (Wildman–Crippen MR) is 316 cm³/mol. The number of aryl methyl sites for hydroxylation is 4. The van der Waals surface area contributed by atoms with E-state index in [4.69, 9.17) is 19.9 Å². The van der Waals surface area contributed by atoms with Crippen molar-refractivity contribution >= 4 is 119 Å². The minimum Gasteiger partial charge on any atom is -0.481 e. The second-order valence-electron chi connectivity index (χ2n) is 21.4. The quantitative estimate of drug-likeness (QED) is 0.0477. The van der Waals surface area contributed by atoms with Gasteiger partial charge in [0.1, 0.15) is 0 Å². The first kappa shape index (κ1) is 54.2. The minimum absolute atomic E-state index is 0.0733. The van der Waals surface area contributed by atoms with Crippen LogP contribution >= 0.6 is 0 Å². The van der Waals surface area contributed by atoms with Gasteiger partial charge in [0.15, 0.2) is 0 Å². The number of rotatable bonds is 15. The lowest BCUT2D eigenvalue weighted by Gasteiger charge is -2.07. The lowest BCUT2D eigenvalue weighted by Crippen LogP contribution is -1.97. The second kappa shape index (κ2) is 21.6. The summed E-state index contributed by atoms with van der Waals surface area (Å²) < 4.78 is 0. The van der Waals surface area contributed by atoms with Crippen molar-refractivity contribution < 1.29 is 39.6 Å². The van der Waals surface area contributed by atoms with Gasteiger partial charge in [-0.3, -0.25) is 19.2 Å². The molecule has 0 saturated heterocycles. The molecule has 10 rings (SSSR count). The molecule has 0 radical (unpaired) electrons. The normalized spacial score (nSPS) is 14.1. The molecule has 4 aliphatic rings. The fourth-order valence-corrected chi connectivity index (χ4v) is 11.5. The van der Waals surface area contributed by atoms with Crippen LogP contribution in [0.4, 0.5) is 0 Å². The van der Waals surface area contributed by atoms with Gasteiger partial charge in [-0.25, -0.2) is 19.9 Å². The average Bonchev–Trinajstić information content (AvgIpc) is 4.32. The van der Waals surface area contributed by atoms with Crippen molar-refractivity contribution in [2.45, 2.75) is 120 Å². The molecule has 0 aromatic carbocycles. The number of carboxylic acid groups (broad SMARTS) is 4. The van der Waals surface area contributed by atoms with Gasteiger partial charge in [-0.05, 0) is 214 Å². The van der Waals surface area contributed by atoms with Crippen LogP contribution in [0.15, 0.2) is 66.7 Å². The van der Waals surface area contributed by atoms with E-state index >= 15 is 0 Å². The fraction of sp³-hybridized carbons (Fsp3) is 0.281. The van der Waals surface area contributed by atoms with Gasteiger partial charge < -0.3 is 40.4 Å². The Balaban J connectivity index is 1.16. The number of aliphatic carboxylic acids is 4. The van der Waals surface area contributed by atoms with E-state index in [1.165, 1.54) is 0 Å². The zero-order valence-corrected chi connectivity index (χ0v) is 46.4. The first-order valence-corrected chi connectivity index (χ1v) is 26.9. The van der Waals surface area contributed by atoms with Crippen LogP contribution in [0, 0.1) is 27.7 Å². The predicted octanol–water partition coefficient (Wildman–Crippen LogP) is 14.2. The van der Waals surface area contributed by atoms with E-state index in [1.807, 2.05) is 64.1 Å². The first-order chi connectivity index (χ1) is 38.1. The molecule has 8 N–H and O–H groups in total. The molecule has 0 spiro atoms. The number of carboxylic acids is 4. The van der Waals surface area contributed by atoms with Crippen LogP contribution in [0.25, 0.3) is 94.8 Å². The van der Waals surface area contributed by atoms with E-state index in [2.05, 4.69) is 91.0 Å². The summed E-state index contributed by atoms with van der Waals surface area (Å²) in [5.74, 6) is -3.81. The highest BCUT2D eigenvalue weighted by atomic mass is 16.4. The van der Waals surface area contributed by atoms with Crippen molar-refractivity contribution in [2.75, 3.05) is 0 Å². The molecule has 4 aliphatic heterocycles. The molecule has 1 unspecified atom stereocenters. The molecular formula is C64H64N8O8. The third-order valence-electron chi connectivity index (χ3n) is 16.1. The van der Waals surface area contributed by atoms with Gasteiger partial charge in [0, 0.05) is 81.3 Å². The van der Waals surface area contributed by atoms with Crippen LogP contribution in [-0.2, 0) is 19.2 Å². The number of aromatic amines is 4. The number of nitrogens with one attached hydrogen (secondary N) is 4. The Hall–Kier alpha value is -9.18. The Morgan fingerprint density at radius 2 is 0.762 bits per heavy atom. The lowest BCUT2D eigenvalue weighted by molar-refractivity contribution is -0.137. The highest BCUT2D eigenvalue weighted by Gasteiger charge is 2.25. The number of hydrogen-bond donors (Lipinski definition) is 8. The van der Waals surface area contributed by atoms with Crippen LogP contribution in [0.1, 0.15) is 171 Å². The number of hydrogen-bond acceptors (Lipinski definition) is 8. The zero-order valence-electron chi connectivity index (χ0n) is 46.4. The number of fused-ring (bicyclic) bond motifs is 16. The SMILES string of the molecule is CC1=C(CCC(=O)O)c2cc3nc(cc4[nH]c(cc5[nH]c(cc1n2)cc5C)c(/C=C/C(C)c1c(C)c2cc5nc(cc6nc(cc7cc(C)c(cc1[nH]2)[nH]7)C(C)=C6CCC(=O)O)C(CCC(=O)O)=C5C)c4C)C(C)=C3CCC(=O)O. The summed E-state index contributed by atoms with van der Waals surface area (Å²) in [5, 5.41) is 39.0. The average molecular weight is 1070 g/mol. The van der Waals surface area contributed by atoms with Gasteiger partial charge in [-0.2, -0.15) is 0 Å². The van der Waals surface area contributed by atoms with Gasteiger partial charge in [-0.15, -0.1) is 0 Å². The Morgan fingerprint density at radius 3 is 1.15 bits per heavy atom. The van der Waals surface area contributed by atoms with Crippen molar-refractivity contribution in [1.29, 1.82) is 0 Å². The second-order valence-corrected chi connectivity index (χ2v) is 21.4. The van der Waals surface area contributed by atoms with Crippen molar-refractivity contribution in [3.05, 3.63) is 146 Å². The number of allylic oxidation sites excluding steroid dienone is 9. The molecule has 16 heteroatoms. The van der Waals surface area contributed by atoms with Crippen molar-refractivity contribution in [3.8, 4) is 0 Å². The molecule has 80 heavy (non-hydrogen) atoms. The van der Waals surface area contributed by atoms with Crippen LogP contribution < -0.4 is 0 Å². The third kappa shape index (κ3) is 10.7. The Morgan fingerprint density at radius 1 is 0.412 bits per heavy atom. The van der Waals surface area contributed by atoms with Gasteiger partial charge in [0.05, 0.1) is 45.6 Å². The molecule has 0 fully saturated rings. The summed E-state index contributed by atoms with van der Waals surface area (Å²) >= 11 is 0.